The minimum absolute atomic E-state index is 0.197. The number of carboxylic acids is 1. The highest BCUT2D eigenvalue weighted by molar-refractivity contribution is 5.81. The Morgan fingerprint density at radius 3 is 2.00 bits per heavy atom. The fourth-order valence-electron chi connectivity index (χ4n) is 6.18. The van der Waals surface area contributed by atoms with Gasteiger partial charge < -0.3 is 9.67 Å². The fraction of sp³-hybridized carbons (Fsp3) is 0.278. The molecule has 42 heavy (non-hydrogen) atoms. The van der Waals surface area contributed by atoms with Gasteiger partial charge in [0.2, 0.25) is 0 Å². The van der Waals surface area contributed by atoms with Gasteiger partial charge in [0.25, 0.3) is 0 Å². The minimum Gasteiger partial charge on any atom is -0.481 e. The Kier molecular flexibility index (Phi) is 8.73. The van der Waals surface area contributed by atoms with E-state index in [1.807, 2.05) is 18.2 Å². The van der Waals surface area contributed by atoms with Crippen molar-refractivity contribution < 1.29 is 9.90 Å². The van der Waals surface area contributed by atoms with Gasteiger partial charge in [-0.1, -0.05) is 97.1 Å². The lowest BCUT2D eigenvalue weighted by Gasteiger charge is -2.39. The van der Waals surface area contributed by atoms with Crippen LogP contribution in [-0.2, 0) is 17.9 Å². The van der Waals surface area contributed by atoms with E-state index >= 15 is 0 Å². The third kappa shape index (κ3) is 6.46. The first kappa shape index (κ1) is 27.9. The Morgan fingerprint density at radius 1 is 0.762 bits per heavy atom. The Bertz CT molecular complexity index is 1550. The molecule has 1 aromatic heterocycles. The number of imidazole rings is 1. The maximum absolute atomic E-state index is 11.0. The number of hydrogen-bond acceptors (Lipinski definition) is 4. The molecule has 1 N–H and O–H groups in total. The van der Waals surface area contributed by atoms with Crippen molar-refractivity contribution in [2.45, 2.75) is 38.4 Å². The van der Waals surface area contributed by atoms with E-state index in [2.05, 4.69) is 105 Å². The van der Waals surface area contributed by atoms with E-state index in [1.54, 1.807) is 0 Å². The number of benzene rings is 4. The first-order valence-corrected chi connectivity index (χ1v) is 15.0. The van der Waals surface area contributed by atoms with Crippen LogP contribution in [0, 0.1) is 0 Å². The number of aliphatic carboxylic acids is 1. The molecule has 1 aliphatic heterocycles. The average Bonchev–Trinajstić information content (AvgIpc) is 3.39. The second-order valence-electron chi connectivity index (χ2n) is 11.2. The number of carbonyl (C=O) groups is 1. The van der Waals surface area contributed by atoms with Crippen LogP contribution >= 0.6 is 0 Å². The number of nitrogens with zero attached hydrogens (tertiary/aromatic N) is 4. The molecule has 6 heteroatoms. The van der Waals surface area contributed by atoms with Crippen LogP contribution in [0.3, 0.4) is 0 Å². The molecule has 1 fully saturated rings. The number of aromatic nitrogens is 2. The first-order valence-electron chi connectivity index (χ1n) is 15.0. The zero-order valence-corrected chi connectivity index (χ0v) is 24.0. The van der Waals surface area contributed by atoms with E-state index in [0.29, 0.717) is 6.42 Å². The van der Waals surface area contributed by atoms with Crippen LogP contribution in [0.15, 0.2) is 109 Å². The van der Waals surface area contributed by atoms with Crippen LogP contribution in [0.4, 0.5) is 0 Å². The van der Waals surface area contributed by atoms with Crippen molar-refractivity contribution >= 4 is 17.0 Å². The molecule has 1 aliphatic rings. The monoisotopic (exact) mass is 558 g/mol. The molecule has 4 aromatic carbocycles. The van der Waals surface area contributed by atoms with Crippen LogP contribution in [0.5, 0.6) is 0 Å². The molecule has 6 nitrogen and oxygen atoms in total. The third-order valence-electron chi connectivity index (χ3n) is 8.28. The number of rotatable bonds is 11. The van der Waals surface area contributed by atoms with Gasteiger partial charge in [-0.25, -0.2) is 4.98 Å². The summed E-state index contributed by atoms with van der Waals surface area (Å²) in [6, 6.07) is 38.9. The lowest BCUT2D eigenvalue weighted by Crippen LogP contribution is -2.47. The maximum Gasteiger partial charge on any atom is 0.303 e. The summed E-state index contributed by atoms with van der Waals surface area (Å²) >= 11 is 0. The number of aryl methyl sites for hydroxylation is 1. The predicted octanol–water partition coefficient (Wildman–Crippen LogP) is 6.87. The Labute approximate surface area is 247 Å². The van der Waals surface area contributed by atoms with Crippen molar-refractivity contribution in [2.24, 2.45) is 0 Å². The molecule has 1 saturated heterocycles. The molecule has 0 bridgehead atoms. The molecule has 0 amide bonds. The van der Waals surface area contributed by atoms with Crippen molar-refractivity contribution in [3.8, 4) is 11.4 Å². The molecular weight excluding hydrogens is 520 g/mol. The summed E-state index contributed by atoms with van der Waals surface area (Å²) in [5.41, 5.74) is 7.14. The first-order chi connectivity index (χ1) is 20.7. The van der Waals surface area contributed by atoms with Gasteiger partial charge in [-0.3, -0.25) is 14.6 Å². The van der Waals surface area contributed by atoms with E-state index in [9.17, 15) is 4.79 Å². The van der Waals surface area contributed by atoms with Crippen molar-refractivity contribution in [3.63, 3.8) is 0 Å². The smallest absolute Gasteiger partial charge is 0.303 e. The highest BCUT2D eigenvalue weighted by atomic mass is 16.4. The zero-order valence-electron chi connectivity index (χ0n) is 24.0. The summed E-state index contributed by atoms with van der Waals surface area (Å²) in [7, 11) is 0. The van der Waals surface area contributed by atoms with Gasteiger partial charge in [-0.15, -0.1) is 0 Å². The summed E-state index contributed by atoms with van der Waals surface area (Å²) in [6.07, 6.45) is 1.65. The van der Waals surface area contributed by atoms with Crippen molar-refractivity contribution in [1.82, 2.24) is 19.4 Å². The Morgan fingerprint density at radius 2 is 1.38 bits per heavy atom. The Hall–Kier alpha value is -4.26. The van der Waals surface area contributed by atoms with Crippen LogP contribution in [0.25, 0.3) is 22.4 Å². The van der Waals surface area contributed by atoms with Gasteiger partial charge in [0.1, 0.15) is 5.82 Å². The van der Waals surface area contributed by atoms with Gasteiger partial charge in [0.05, 0.1) is 17.1 Å². The lowest BCUT2D eigenvalue weighted by molar-refractivity contribution is -0.137. The predicted molar refractivity (Wildman–Crippen MR) is 168 cm³/mol. The molecule has 0 unspecified atom stereocenters. The van der Waals surface area contributed by atoms with E-state index in [0.717, 1.165) is 68.1 Å². The molecular formula is C36H38N4O2. The summed E-state index contributed by atoms with van der Waals surface area (Å²) in [4.78, 5) is 21.3. The van der Waals surface area contributed by atoms with Crippen LogP contribution in [0.1, 0.15) is 42.0 Å². The number of fused-ring (bicyclic) bond motifs is 1. The normalized spacial score (nSPS) is 14.5. The van der Waals surface area contributed by atoms with Crippen LogP contribution in [0.2, 0.25) is 0 Å². The molecule has 0 aliphatic carbocycles. The quantitative estimate of drug-likeness (QED) is 0.179. The summed E-state index contributed by atoms with van der Waals surface area (Å²) in [5, 5.41) is 9.06. The molecule has 0 radical (unpaired) electrons. The van der Waals surface area contributed by atoms with Crippen LogP contribution in [-0.4, -0.2) is 56.6 Å². The molecule has 0 spiro atoms. The van der Waals surface area contributed by atoms with Gasteiger partial charge in [0.15, 0.2) is 0 Å². The van der Waals surface area contributed by atoms with Gasteiger partial charge in [0, 0.05) is 51.3 Å². The number of hydrogen-bond donors (Lipinski definition) is 1. The number of carboxylic acid groups (broad SMARTS) is 1. The number of piperazine rings is 1. The van der Waals surface area contributed by atoms with Gasteiger partial charge in [-0.2, -0.15) is 0 Å². The van der Waals surface area contributed by atoms with Gasteiger partial charge in [-0.05, 0) is 41.7 Å². The van der Waals surface area contributed by atoms with Gasteiger partial charge >= 0.3 is 5.97 Å². The molecule has 2 heterocycles. The zero-order chi connectivity index (χ0) is 28.7. The summed E-state index contributed by atoms with van der Waals surface area (Å²) in [6.45, 7) is 5.71. The summed E-state index contributed by atoms with van der Waals surface area (Å²) in [5.74, 6) is 0.203. The van der Waals surface area contributed by atoms with E-state index < -0.39 is 5.97 Å². The highest BCUT2D eigenvalue weighted by Crippen LogP contribution is 2.30. The molecule has 6 rings (SSSR count). The highest BCUT2D eigenvalue weighted by Gasteiger charge is 2.26. The maximum atomic E-state index is 11.0. The molecule has 214 valence electrons. The largest absolute Gasteiger partial charge is 0.481 e. The average molecular weight is 559 g/mol. The third-order valence-corrected chi connectivity index (χ3v) is 8.28. The lowest BCUT2D eigenvalue weighted by atomic mass is 9.96. The Balaban J connectivity index is 1.17. The molecule has 5 aromatic rings. The second kappa shape index (κ2) is 13.1. The van der Waals surface area contributed by atoms with E-state index in [4.69, 9.17) is 10.1 Å². The number of unbranched alkanes of at least 4 members (excludes halogenated alkanes) is 1. The second-order valence-corrected chi connectivity index (χ2v) is 11.2. The van der Waals surface area contributed by atoms with Crippen molar-refractivity contribution in [2.75, 3.05) is 26.2 Å². The van der Waals surface area contributed by atoms with Crippen LogP contribution < -0.4 is 0 Å². The van der Waals surface area contributed by atoms with E-state index in [-0.39, 0.29) is 12.5 Å². The van der Waals surface area contributed by atoms with E-state index in [1.165, 1.54) is 16.7 Å². The van der Waals surface area contributed by atoms with Crippen molar-refractivity contribution in [3.05, 3.63) is 126 Å². The summed E-state index contributed by atoms with van der Waals surface area (Å²) < 4.78 is 2.25. The standard InChI is InChI=1S/C36H38N4O2/c41-34(42)18-10-11-21-40-33-20-19-28(26-32(33)37-36(40)31-16-8-3-9-17-31)27-38-22-24-39(25-23-38)35(29-12-4-1-5-13-29)30-14-6-2-7-15-30/h1-9,12-17,19-20,26,35H,10-11,18,21-25,27H2,(H,41,42). The van der Waals surface area contributed by atoms with Crippen molar-refractivity contribution in [1.29, 1.82) is 0 Å². The minimum atomic E-state index is -0.741. The SMILES string of the molecule is O=C(O)CCCCn1c(-c2ccccc2)nc2cc(CN3CCN(C(c4ccccc4)c4ccccc4)CC3)ccc21. The molecule has 0 saturated carbocycles. The topological polar surface area (TPSA) is 61.6 Å². The fourth-order valence-corrected chi connectivity index (χ4v) is 6.18. The molecule has 0 atom stereocenters.